The Balaban J connectivity index is 2.37. The van der Waals surface area contributed by atoms with Gasteiger partial charge < -0.3 is 15.0 Å². The fourth-order valence-corrected chi connectivity index (χ4v) is 1.79. The van der Waals surface area contributed by atoms with Gasteiger partial charge in [0.15, 0.2) is 0 Å². The Morgan fingerprint density at radius 1 is 1.41 bits per heavy atom. The van der Waals surface area contributed by atoms with E-state index in [4.69, 9.17) is 10.5 Å². The van der Waals surface area contributed by atoms with Crippen LogP contribution in [0.4, 0.5) is 0 Å². The summed E-state index contributed by atoms with van der Waals surface area (Å²) in [6.07, 6.45) is 1.95. The van der Waals surface area contributed by atoms with Crippen LogP contribution in [0.2, 0.25) is 0 Å². The molecule has 0 amide bonds. The molecule has 1 aromatic carbocycles. The first kappa shape index (κ1) is 11.7. The van der Waals surface area contributed by atoms with Gasteiger partial charge >= 0.3 is 0 Å². The zero-order valence-corrected chi connectivity index (χ0v) is 10.2. The second-order valence-electron chi connectivity index (χ2n) is 3.83. The molecule has 2 N–H and O–H groups in total. The summed E-state index contributed by atoms with van der Waals surface area (Å²) in [5, 5.41) is 0. The highest BCUT2D eigenvalue weighted by atomic mass is 16.5. The number of rotatable bonds is 4. The molecule has 2 aromatic rings. The Morgan fingerprint density at radius 3 is 2.88 bits per heavy atom. The summed E-state index contributed by atoms with van der Waals surface area (Å²) < 4.78 is 7.46. The smallest absolute Gasteiger partial charge is 0.140 e. The second-order valence-corrected chi connectivity index (χ2v) is 3.83. The minimum Gasteiger partial charge on any atom is -0.494 e. The Bertz CT molecular complexity index is 505. The molecule has 0 bridgehead atoms. The second kappa shape index (κ2) is 5.01. The van der Waals surface area contributed by atoms with Crippen molar-refractivity contribution in [2.24, 2.45) is 12.8 Å². The molecule has 0 unspecified atom stereocenters. The van der Waals surface area contributed by atoms with E-state index < -0.39 is 0 Å². The zero-order chi connectivity index (χ0) is 12.3. The molecule has 0 atom stereocenters. The first-order chi connectivity index (χ1) is 8.24. The van der Waals surface area contributed by atoms with Gasteiger partial charge in [-0.15, -0.1) is 0 Å². The maximum absolute atomic E-state index is 5.59. The molecule has 0 aliphatic rings. The standard InChI is InChI=1S/C13H17N3O/c1-3-17-12-6-4-5-10(7-12)13-15-11(8-14)9-16(13)2/h4-7,9H,3,8,14H2,1-2H3. The number of aromatic nitrogens is 2. The number of aryl methyl sites for hydroxylation is 1. The van der Waals surface area contributed by atoms with Gasteiger partial charge in [0.25, 0.3) is 0 Å². The van der Waals surface area contributed by atoms with Gasteiger partial charge in [0.2, 0.25) is 0 Å². The predicted octanol–water partition coefficient (Wildman–Crippen LogP) is 1.94. The van der Waals surface area contributed by atoms with Crippen LogP contribution in [0.1, 0.15) is 12.6 Å². The van der Waals surface area contributed by atoms with E-state index in [1.54, 1.807) is 0 Å². The highest BCUT2D eigenvalue weighted by molar-refractivity contribution is 5.58. The maximum Gasteiger partial charge on any atom is 0.140 e. The van der Waals surface area contributed by atoms with Crippen LogP contribution in [0.5, 0.6) is 5.75 Å². The molecule has 4 heteroatoms. The molecule has 2 rings (SSSR count). The number of hydrogen-bond acceptors (Lipinski definition) is 3. The summed E-state index contributed by atoms with van der Waals surface area (Å²) >= 11 is 0. The fraction of sp³-hybridized carbons (Fsp3) is 0.308. The third-order valence-corrected chi connectivity index (χ3v) is 2.54. The van der Waals surface area contributed by atoms with Crippen LogP contribution in [0.15, 0.2) is 30.5 Å². The average Bonchev–Trinajstić information content (AvgIpc) is 2.71. The van der Waals surface area contributed by atoms with Gasteiger partial charge in [-0.1, -0.05) is 12.1 Å². The van der Waals surface area contributed by atoms with E-state index in [-0.39, 0.29) is 0 Å². The Kier molecular flexibility index (Phi) is 3.44. The predicted molar refractivity (Wildman–Crippen MR) is 67.7 cm³/mol. The zero-order valence-electron chi connectivity index (χ0n) is 10.2. The van der Waals surface area contributed by atoms with E-state index in [1.807, 2.05) is 49.0 Å². The van der Waals surface area contributed by atoms with Crippen molar-refractivity contribution < 1.29 is 4.74 Å². The average molecular weight is 231 g/mol. The molecular formula is C13H17N3O. The molecule has 0 saturated carbocycles. The number of nitrogens with two attached hydrogens (primary N) is 1. The van der Waals surface area contributed by atoms with Crippen LogP contribution in [-0.4, -0.2) is 16.2 Å². The van der Waals surface area contributed by atoms with Crippen LogP contribution in [0.3, 0.4) is 0 Å². The lowest BCUT2D eigenvalue weighted by Gasteiger charge is -2.05. The van der Waals surface area contributed by atoms with Crippen LogP contribution in [-0.2, 0) is 13.6 Å². The molecule has 0 radical (unpaired) electrons. The molecule has 1 heterocycles. The maximum atomic E-state index is 5.59. The highest BCUT2D eigenvalue weighted by Crippen LogP contribution is 2.22. The molecule has 0 saturated heterocycles. The summed E-state index contributed by atoms with van der Waals surface area (Å²) in [5.74, 6) is 1.77. The van der Waals surface area contributed by atoms with Crippen molar-refractivity contribution in [3.8, 4) is 17.1 Å². The molecule has 4 nitrogen and oxygen atoms in total. The van der Waals surface area contributed by atoms with Crippen molar-refractivity contribution >= 4 is 0 Å². The third-order valence-electron chi connectivity index (χ3n) is 2.54. The van der Waals surface area contributed by atoms with Crippen molar-refractivity contribution in [1.29, 1.82) is 0 Å². The summed E-state index contributed by atoms with van der Waals surface area (Å²) in [6.45, 7) is 3.09. The van der Waals surface area contributed by atoms with E-state index >= 15 is 0 Å². The SMILES string of the molecule is CCOc1cccc(-c2nc(CN)cn2C)c1. The number of imidazole rings is 1. The van der Waals surface area contributed by atoms with Crippen LogP contribution in [0, 0.1) is 0 Å². The molecule has 0 aliphatic heterocycles. The quantitative estimate of drug-likeness (QED) is 0.875. The fourth-order valence-electron chi connectivity index (χ4n) is 1.79. The lowest BCUT2D eigenvalue weighted by atomic mass is 10.2. The largest absolute Gasteiger partial charge is 0.494 e. The van der Waals surface area contributed by atoms with Crippen molar-refractivity contribution in [2.45, 2.75) is 13.5 Å². The summed E-state index contributed by atoms with van der Waals surface area (Å²) in [6, 6.07) is 7.92. The lowest BCUT2D eigenvalue weighted by Crippen LogP contribution is -1.95. The summed E-state index contributed by atoms with van der Waals surface area (Å²) in [7, 11) is 1.97. The van der Waals surface area contributed by atoms with Crippen molar-refractivity contribution in [3.63, 3.8) is 0 Å². The van der Waals surface area contributed by atoms with Crippen LogP contribution >= 0.6 is 0 Å². The van der Waals surface area contributed by atoms with E-state index in [9.17, 15) is 0 Å². The van der Waals surface area contributed by atoms with E-state index in [1.165, 1.54) is 0 Å². The van der Waals surface area contributed by atoms with Crippen molar-refractivity contribution in [3.05, 3.63) is 36.2 Å². The normalized spacial score (nSPS) is 10.5. The molecule has 0 fully saturated rings. The first-order valence-corrected chi connectivity index (χ1v) is 5.70. The van der Waals surface area contributed by atoms with Gasteiger partial charge in [-0.05, 0) is 19.1 Å². The summed E-state index contributed by atoms with van der Waals surface area (Å²) in [4.78, 5) is 4.48. The topological polar surface area (TPSA) is 53.1 Å². The number of hydrogen-bond donors (Lipinski definition) is 1. The minimum atomic E-state index is 0.457. The highest BCUT2D eigenvalue weighted by Gasteiger charge is 2.07. The third kappa shape index (κ3) is 2.47. The molecular weight excluding hydrogens is 214 g/mol. The minimum absolute atomic E-state index is 0.457. The van der Waals surface area contributed by atoms with Crippen molar-refractivity contribution in [2.75, 3.05) is 6.61 Å². The van der Waals surface area contributed by atoms with Gasteiger partial charge in [0.05, 0.1) is 12.3 Å². The molecule has 0 spiro atoms. The van der Waals surface area contributed by atoms with Crippen LogP contribution in [0.25, 0.3) is 11.4 Å². The van der Waals surface area contributed by atoms with Gasteiger partial charge in [0, 0.05) is 25.4 Å². The van der Waals surface area contributed by atoms with Gasteiger partial charge in [0.1, 0.15) is 11.6 Å². The number of nitrogens with zero attached hydrogens (tertiary/aromatic N) is 2. The molecule has 0 aliphatic carbocycles. The first-order valence-electron chi connectivity index (χ1n) is 5.70. The molecule has 90 valence electrons. The van der Waals surface area contributed by atoms with Gasteiger partial charge in [-0.3, -0.25) is 0 Å². The molecule has 17 heavy (non-hydrogen) atoms. The lowest BCUT2D eigenvalue weighted by molar-refractivity contribution is 0.340. The van der Waals surface area contributed by atoms with Gasteiger partial charge in [-0.2, -0.15) is 0 Å². The molecule has 1 aromatic heterocycles. The van der Waals surface area contributed by atoms with Crippen LogP contribution < -0.4 is 10.5 Å². The van der Waals surface area contributed by atoms with Gasteiger partial charge in [-0.25, -0.2) is 4.98 Å². The summed E-state index contributed by atoms with van der Waals surface area (Å²) in [5.41, 5.74) is 7.52. The number of benzene rings is 1. The Morgan fingerprint density at radius 2 is 2.24 bits per heavy atom. The van der Waals surface area contributed by atoms with E-state index in [0.29, 0.717) is 13.2 Å². The van der Waals surface area contributed by atoms with Crippen molar-refractivity contribution in [1.82, 2.24) is 9.55 Å². The van der Waals surface area contributed by atoms with E-state index in [2.05, 4.69) is 4.98 Å². The van der Waals surface area contributed by atoms with E-state index in [0.717, 1.165) is 22.8 Å². The monoisotopic (exact) mass is 231 g/mol. The Labute approximate surface area is 101 Å². The number of ether oxygens (including phenoxy) is 1. The Hall–Kier alpha value is -1.81.